The van der Waals surface area contributed by atoms with Crippen LogP contribution in [0.15, 0.2) is 42.7 Å². The molecule has 2 atom stereocenters. The lowest BCUT2D eigenvalue weighted by Crippen LogP contribution is -2.62. The summed E-state index contributed by atoms with van der Waals surface area (Å²) in [6.07, 6.45) is 7.33. The number of nitrogens with one attached hydrogen (secondary N) is 3. The number of carbonyl (C=O) groups excluding carboxylic acids is 1. The van der Waals surface area contributed by atoms with Crippen molar-refractivity contribution in [3.05, 3.63) is 48.3 Å². The number of hydrogen-bond acceptors (Lipinski definition) is 6. The second-order valence-corrected chi connectivity index (χ2v) is 8.02. The molecule has 0 fully saturated rings. The Bertz CT molecular complexity index is 959. The summed E-state index contributed by atoms with van der Waals surface area (Å²) in [6.45, 7) is 6.01. The molecule has 33 heavy (non-hydrogen) atoms. The average molecular weight is 473 g/mol. The predicted octanol–water partition coefficient (Wildman–Crippen LogP) is 3.99. The first-order valence-electron chi connectivity index (χ1n) is 10.6. The van der Waals surface area contributed by atoms with Gasteiger partial charge < -0.3 is 30.2 Å². The van der Waals surface area contributed by atoms with Gasteiger partial charge in [0.25, 0.3) is 0 Å². The summed E-state index contributed by atoms with van der Waals surface area (Å²) < 4.78 is 16.1. The summed E-state index contributed by atoms with van der Waals surface area (Å²) in [5.41, 5.74) is 0.708. The van der Waals surface area contributed by atoms with Crippen LogP contribution < -0.4 is 30.2 Å². The van der Waals surface area contributed by atoms with E-state index < -0.39 is 5.66 Å². The van der Waals surface area contributed by atoms with Crippen LogP contribution in [-0.4, -0.2) is 43.0 Å². The standard InChI is InChI=1S/C24H32N4O4S/c1-7-16(2)24(3,28-23(33)26-18-9-8-12-25-15-18)27-21(29)11-10-17-13-19(30-4)22(32-6)20(14-17)31-5/h8-16H,7H2,1-6H3,(H,27,29)(H2,26,28,33). The fourth-order valence-corrected chi connectivity index (χ4v) is 3.52. The minimum atomic E-state index is -0.780. The second-order valence-electron chi connectivity index (χ2n) is 7.61. The molecular weight excluding hydrogens is 440 g/mol. The van der Waals surface area contributed by atoms with E-state index in [1.165, 1.54) is 6.08 Å². The van der Waals surface area contributed by atoms with E-state index in [2.05, 4.69) is 27.9 Å². The molecule has 0 saturated carbocycles. The van der Waals surface area contributed by atoms with Gasteiger partial charge in [0.2, 0.25) is 11.7 Å². The van der Waals surface area contributed by atoms with E-state index in [9.17, 15) is 4.79 Å². The van der Waals surface area contributed by atoms with E-state index >= 15 is 0 Å². The third-order valence-corrected chi connectivity index (χ3v) is 5.59. The fourth-order valence-electron chi connectivity index (χ4n) is 3.19. The zero-order valence-electron chi connectivity index (χ0n) is 19.9. The SMILES string of the molecule is CCC(C)C(C)(NC(=O)C=Cc1cc(OC)c(OC)c(OC)c1)NC(=S)Nc1cccnc1. The van der Waals surface area contributed by atoms with Gasteiger partial charge in [-0.3, -0.25) is 9.78 Å². The van der Waals surface area contributed by atoms with Crippen molar-refractivity contribution in [2.75, 3.05) is 26.6 Å². The molecule has 0 bridgehead atoms. The maximum absolute atomic E-state index is 12.8. The van der Waals surface area contributed by atoms with Gasteiger partial charge in [0.1, 0.15) is 5.66 Å². The van der Waals surface area contributed by atoms with Crippen molar-refractivity contribution in [1.29, 1.82) is 0 Å². The van der Waals surface area contributed by atoms with Crippen molar-refractivity contribution in [3.8, 4) is 17.2 Å². The first-order chi connectivity index (χ1) is 15.8. The molecule has 9 heteroatoms. The topological polar surface area (TPSA) is 93.7 Å². The van der Waals surface area contributed by atoms with Crippen molar-refractivity contribution in [2.45, 2.75) is 32.9 Å². The van der Waals surface area contributed by atoms with Crippen LogP contribution in [0.25, 0.3) is 6.08 Å². The van der Waals surface area contributed by atoms with Crippen LogP contribution >= 0.6 is 12.2 Å². The van der Waals surface area contributed by atoms with E-state index in [4.69, 9.17) is 26.4 Å². The summed E-state index contributed by atoms with van der Waals surface area (Å²) in [6, 6.07) is 7.21. The maximum atomic E-state index is 12.8. The Labute approximate surface area is 200 Å². The Morgan fingerprint density at radius 1 is 1.18 bits per heavy atom. The first-order valence-corrected chi connectivity index (χ1v) is 11.0. The van der Waals surface area contributed by atoms with Gasteiger partial charge in [0.15, 0.2) is 16.6 Å². The highest BCUT2D eigenvalue weighted by Crippen LogP contribution is 2.38. The number of benzene rings is 1. The van der Waals surface area contributed by atoms with E-state index in [0.717, 1.165) is 17.7 Å². The number of anilines is 1. The third-order valence-electron chi connectivity index (χ3n) is 5.39. The number of hydrogen-bond donors (Lipinski definition) is 3. The molecule has 0 aliphatic rings. The van der Waals surface area contributed by atoms with Crippen LogP contribution in [0, 0.1) is 5.92 Å². The van der Waals surface area contributed by atoms with Crippen LogP contribution in [0.1, 0.15) is 32.8 Å². The Morgan fingerprint density at radius 2 is 1.85 bits per heavy atom. The predicted molar refractivity (Wildman–Crippen MR) is 135 cm³/mol. The van der Waals surface area contributed by atoms with Crippen LogP contribution in [0.2, 0.25) is 0 Å². The molecule has 3 N–H and O–H groups in total. The summed E-state index contributed by atoms with van der Waals surface area (Å²) >= 11 is 5.47. The smallest absolute Gasteiger partial charge is 0.245 e. The molecule has 2 aromatic rings. The Morgan fingerprint density at radius 3 is 2.36 bits per heavy atom. The highest BCUT2D eigenvalue weighted by atomic mass is 32.1. The van der Waals surface area contributed by atoms with Gasteiger partial charge >= 0.3 is 0 Å². The first kappa shape index (κ1) is 25.9. The Hall–Kier alpha value is -3.33. The van der Waals surface area contributed by atoms with Crippen molar-refractivity contribution >= 4 is 35.0 Å². The highest BCUT2D eigenvalue weighted by molar-refractivity contribution is 7.80. The number of nitrogens with zero attached hydrogens (tertiary/aromatic N) is 1. The molecule has 2 rings (SSSR count). The number of rotatable bonds is 10. The fraction of sp³-hybridized carbons (Fsp3) is 0.375. The summed E-state index contributed by atoms with van der Waals surface area (Å²) in [5.74, 6) is 1.32. The molecular formula is C24H32N4O4S. The molecule has 8 nitrogen and oxygen atoms in total. The van der Waals surface area contributed by atoms with Crippen LogP contribution in [0.3, 0.4) is 0 Å². The van der Waals surface area contributed by atoms with Gasteiger partial charge in [-0.05, 0) is 67.4 Å². The number of aromatic nitrogens is 1. The summed E-state index contributed by atoms with van der Waals surface area (Å²) in [7, 11) is 4.63. The largest absolute Gasteiger partial charge is 0.493 e. The molecule has 0 saturated heterocycles. The zero-order chi connectivity index (χ0) is 24.4. The number of amides is 1. The van der Waals surface area contributed by atoms with Gasteiger partial charge in [0, 0.05) is 12.3 Å². The van der Waals surface area contributed by atoms with Crippen LogP contribution in [0.5, 0.6) is 17.2 Å². The van der Waals surface area contributed by atoms with Gasteiger partial charge in [-0.1, -0.05) is 13.8 Å². The van der Waals surface area contributed by atoms with Crippen LogP contribution in [-0.2, 0) is 4.79 Å². The van der Waals surface area contributed by atoms with Gasteiger partial charge in [-0.2, -0.15) is 0 Å². The maximum Gasteiger partial charge on any atom is 0.245 e. The number of thiocarbonyl (C=S) groups is 1. The highest BCUT2D eigenvalue weighted by Gasteiger charge is 2.32. The number of ether oxygens (including phenoxy) is 3. The van der Waals surface area contributed by atoms with Gasteiger partial charge in [0.05, 0.1) is 33.2 Å². The molecule has 1 amide bonds. The summed E-state index contributed by atoms with van der Waals surface area (Å²) in [5, 5.41) is 9.77. The van der Waals surface area contributed by atoms with Crippen LogP contribution in [0.4, 0.5) is 5.69 Å². The van der Waals surface area contributed by atoms with Crippen molar-refractivity contribution < 1.29 is 19.0 Å². The molecule has 2 unspecified atom stereocenters. The van der Waals surface area contributed by atoms with E-state index in [0.29, 0.717) is 22.4 Å². The molecule has 0 aliphatic carbocycles. The molecule has 0 spiro atoms. The van der Waals surface area contributed by atoms with Crippen molar-refractivity contribution in [3.63, 3.8) is 0 Å². The Balaban J connectivity index is 2.16. The van der Waals surface area contributed by atoms with Gasteiger partial charge in [-0.15, -0.1) is 0 Å². The monoisotopic (exact) mass is 472 g/mol. The van der Waals surface area contributed by atoms with E-state index in [-0.39, 0.29) is 11.8 Å². The normalized spacial score (nSPS) is 13.5. The number of methoxy groups -OCH3 is 3. The lowest BCUT2D eigenvalue weighted by molar-refractivity contribution is -0.118. The average Bonchev–Trinajstić information content (AvgIpc) is 2.81. The van der Waals surface area contributed by atoms with Crippen molar-refractivity contribution in [1.82, 2.24) is 15.6 Å². The third kappa shape index (κ3) is 7.08. The lowest BCUT2D eigenvalue weighted by Gasteiger charge is -2.37. The summed E-state index contributed by atoms with van der Waals surface area (Å²) in [4.78, 5) is 16.9. The second kappa shape index (κ2) is 12.1. The molecule has 0 aliphatic heterocycles. The zero-order valence-corrected chi connectivity index (χ0v) is 20.7. The Kier molecular flexibility index (Phi) is 9.47. The van der Waals surface area contributed by atoms with Gasteiger partial charge in [-0.25, -0.2) is 0 Å². The lowest BCUT2D eigenvalue weighted by atomic mass is 9.93. The number of carbonyl (C=O) groups is 1. The quantitative estimate of drug-likeness (QED) is 0.272. The van der Waals surface area contributed by atoms with Crippen molar-refractivity contribution in [2.24, 2.45) is 5.92 Å². The van der Waals surface area contributed by atoms with E-state index in [1.807, 2.05) is 26.0 Å². The van der Waals surface area contributed by atoms with E-state index in [1.54, 1.807) is 51.9 Å². The minimum absolute atomic E-state index is 0.0877. The molecule has 1 heterocycles. The molecule has 1 aromatic carbocycles. The molecule has 178 valence electrons. The minimum Gasteiger partial charge on any atom is -0.493 e. The molecule has 0 radical (unpaired) electrons. The number of pyridine rings is 1. The molecule has 1 aromatic heterocycles.